The van der Waals surface area contributed by atoms with Crippen molar-refractivity contribution >= 4 is 23.9 Å². The molecule has 2 rings (SSSR count). The fourth-order valence-corrected chi connectivity index (χ4v) is 1.42. The molecule has 0 fully saturated rings. The highest BCUT2D eigenvalue weighted by Gasteiger charge is 2.11. The van der Waals surface area contributed by atoms with Crippen LogP contribution in [0.2, 0.25) is 0 Å². The van der Waals surface area contributed by atoms with E-state index in [-0.39, 0.29) is 0 Å². The summed E-state index contributed by atoms with van der Waals surface area (Å²) in [4.78, 5) is 12.5. The topological polar surface area (TPSA) is 45.5 Å². The summed E-state index contributed by atoms with van der Waals surface area (Å²) in [6.45, 7) is 0. The molecular formula is C12H12N2O2. The highest BCUT2D eigenvalue weighted by atomic mass is 16.4. The molecule has 0 atom stereocenters. The van der Waals surface area contributed by atoms with Gasteiger partial charge in [-0.15, -0.1) is 0 Å². The number of benzene rings is 1. The molecule has 1 aromatic heterocycles. The predicted octanol–water partition coefficient (Wildman–Crippen LogP) is 2.62. The molecule has 0 saturated heterocycles. The number of nitrogens with one attached hydrogen (secondary N) is 1. The van der Waals surface area contributed by atoms with Crippen molar-refractivity contribution in [3.8, 4) is 0 Å². The van der Waals surface area contributed by atoms with E-state index >= 15 is 0 Å². The minimum Gasteiger partial charge on any atom is -0.424 e. The summed E-state index contributed by atoms with van der Waals surface area (Å²) in [6.07, 6.45) is 0.730. The first-order valence-electron chi connectivity index (χ1n) is 4.92. The summed E-state index contributed by atoms with van der Waals surface area (Å²) < 4.78 is 5.42. The van der Waals surface area contributed by atoms with Crippen LogP contribution in [0.4, 0.5) is 17.5 Å². The van der Waals surface area contributed by atoms with Crippen LogP contribution in [-0.4, -0.2) is 13.5 Å². The molecule has 82 valence electrons. The normalized spacial score (nSPS) is 9.81. The zero-order valence-electron chi connectivity index (χ0n) is 8.88. The molecule has 16 heavy (non-hydrogen) atoms. The Morgan fingerprint density at radius 3 is 2.50 bits per heavy atom. The molecular weight excluding hydrogens is 204 g/mol. The molecule has 0 aliphatic carbocycles. The lowest BCUT2D eigenvalue weighted by Crippen LogP contribution is -2.12. The molecule has 1 heterocycles. The first kappa shape index (κ1) is 10.3. The Bertz CT molecular complexity index is 465. The number of amides is 1. The Morgan fingerprint density at radius 1 is 1.19 bits per heavy atom. The van der Waals surface area contributed by atoms with Crippen LogP contribution in [0.5, 0.6) is 0 Å². The lowest BCUT2D eigenvalue weighted by molar-refractivity contribution is -0.107. The minimum atomic E-state index is 0.491. The average Bonchev–Trinajstić information content (AvgIpc) is 2.80. The number of nitrogens with zero attached hydrogens (tertiary/aromatic N) is 1. The number of anilines is 3. The second kappa shape index (κ2) is 4.53. The van der Waals surface area contributed by atoms with E-state index in [0.29, 0.717) is 11.8 Å². The summed E-state index contributed by atoms with van der Waals surface area (Å²) in [5.41, 5.74) is 0.773. The monoisotopic (exact) mass is 216 g/mol. The Hall–Kier alpha value is -2.23. The van der Waals surface area contributed by atoms with Crippen molar-refractivity contribution < 1.29 is 9.21 Å². The van der Waals surface area contributed by atoms with Crippen LogP contribution in [-0.2, 0) is 4.79 Å². The quantitative estimate of drug-likeness (QED) is 0.799. The van der Waals surface area contributed by atoms with Crippen molar-refractivity contribution in [3.63, 3.8) is 0 Å². The van der Waals surface area contributed by atoms with Crippen molar-refractivity contribution in [2.45, 2.75) is 0 Å². The SMILES string of the molecule is CNc1ccc(N(C=O)c2ccccc2)o1. The number of carbonyl (C=O) groups excluding carboxylic acids is 1. The van der Waals surface area contributed by atoms with Gasteiger partial charge >= 0.3 is 0 Å². The van der Waals surface area contributed by atoms with Gasteiger partial charge in [0.2, 0.25) is 12.3 Å². The molecule has 1 aromatic carbocycles. The number of furan rings is 1. The van der Waals surface area contributed by atoms with Crippen LogP contribution >= 0.6 is 0 Å². The molecule has 4 heteroatoms. The van der Waals surface area contributed by atoms with E-state index in [0.717, 1.165) is 12.1 Å². The summed E-state index contributed by atoms with van der Waals surface area (Å²) in [5, 5.41) is 2.87. The predicted molar refractivity (Wildman–Crippen MR) is 62.9 cm³/mol. The Kier molecular flexibility index (Phi) is 2.91. The maximum atomic E-state index is 11.0. The summed E-state index contributed by atoms with van der Waals surface area (Å²) in [7, 11) is 1.76. The summed E-state index contributed by atoms with van der Waals surface area (Å²) >= 11 is 0. The molecule has 1 amide bonds. The van der Waals surface area contributed by atoms with E-state index in [1.54, 1.807) is 19.2 Å². The lowest BCUT2D eigenvalue weighted by atomic mass is 10.3. The van der Waals surface area contributed by atoms with Gasteiger partial charge in [0.05, 0.1) is 5.69 Å². The number of carbonyl (C=O) groups is 1. The van der Waals surface area contributed by atoms with Gasteiger partial charge in [-0.3, -0.25) is 9.69 Å². The van der Waals surface area contributed by atoms with Gasteiger partial charge < -0.3 is 9.73 Å². The molecule has 0 aliphatic heterocycles. The molecule has 0 unspecified atom stereocenters. The smallest absolute Gasteiger partial charge is 0.221 e. The van der Waals surface area contributed by atoms with Crippen molar-refractivity contribution in [2.24, 2.45) is 0 Å². The van der Waals surface area contributed by atoms with E-state index in [1.165, 1.54) is 4.90 Å². The van der Waals surface area contributed by atoms with E-state index in [2.05, 4.69) is 5.32 Å². The molecule has 4 nitrogen and oxygen atoms in total. The third-order valence-electron chi connectivity index (χ3n) is 2.22. The van der Waals surface area contributed by atoms with Crippen molar-refractivity contribution in [2.75, 3.05) is 17.3 Å². The third kappa shape index (κ3) is 1.91. The Morgan fingerprint density at radius 2 is 1.94 bits per heavy atom. The Labute approximate surface area is 93.5 Å². The highest BCUT2D eigenvalue weighted by molar-refractivity contribution is 5.84. The largest absolute Gasteiger partial charge is 0.424 e. The minimum absolute atomic E-state index is 0.491. The van der Waals surface area contributed by atoms with Gasteiger partial charge in [-0.2, -0.15) is 0 Å². The van der Waals surface area contributed by atoms with Crippen LogP contribution in [0.3, 0.4) is 0 Å². The molecule has 2 aromatic rings. The van der Waals surface area contributed by atoms with Gasteiger partial charge in [0.1, 0.15) is 0 Å². The molecule has 0 saturated carbocycles. The third-order valence-corrected chi connectivity index (χ3v) is 2.22. The van der Waals surface area contributed by atoms with E-state index < -0.39 is 0 Å². The standard InChI is InChI=1S/C12H12N2O2/c1-13-11-7-8-12(16-11)14(9-15)10-5-3-2-4-6-10/h2-9,13H,1H3. The number of rotatable bonds is 4. The van der Waals surface area contributed by atoms with Gasteiger partial charge in [0.25, 0.3) is 0 Å². The summed E-state index contributed by atoms with van der Waals surface area (Å²) in [6, 6.07) is 12.8. The molecule has 0 radical (unpaired) electrons. The van der Waals surface area contributed by atoms with E-state index in [4.69, 9.17) is 4.42 Å². The van der Waals surface area contributed by atoms with E-state index in [1.807, 2.05) is 30.3 Å². The van der Waals surface area contributed by atoms with Gasteiger partial charge in [-0.1, -0.05) is 18.2 Å². The van der Waals surface area contributed by atoms with Crippen LogP contribution < -0.4 is 10.2 Å². The van der Waals surface area contributed by atoms with Crippen molar-refractivity contribution in [1.82, 2.24) is 0 Å². The number of hydrogen-bond donors (Lipinski definition) is 1. The summed E-state index contributed by atoms with van der Waals surface area (Å²) in [5.74, 6) is 1.11. The van der Waals surface area contributed by atoms with Gasteiger partial charge in [0, 0.05) is 19.2 Å². The van der Waals surface area contributed by atoms with Crippen molar-refractivity contribution in [1.29, 1.82) is 0 Å². The molecule has 0 bridgehead atoms. The second-order valence-electron chi connectivity index (χ2n) is 3.20. The van der Waals surface area contributed by atoms with Gasteiger partial charge in [0.15, 0.2) is 5.88 Å². The maximum Gasteiger partial charge on any atom is 0.221 e. The van der Waals surface area contributed by atoms with Crippen LogP contribution in [0.1, 0.15) is 0 Å². The van der Waals surface area contributed by atoms with Crippen LogP contribution in [0, 0.1) is 0 Å². The average molecular weight is 216 g/mol. The fourth-order valence-electron chi connectivity index (χ4n) is 1.42. The lowest BCUT2D eigenvalue weighted by Gasteiger charge is -2.13. The first-order chi connectivity index (χ1) is 7.85. The second-order valence-corrected chi connectivity index (χ2v) is 3.20. The Balaban J connectivity index is 2.33. The zero-order chi connectivity index (χ0) is 11.4. The van der Waals surface area contributed by atoms with Crippen LogP contribution in [0.25, 0.3) is 0 Å². The highest BCUT2D eigenvalue weighted by Crippen LogP contribution is 2.27. The van der Waals surface area contributed by atoms with E-state index in [9.17, 15) is 4.79 Å². The fraction of sp³-hybridized carbons (Fsp3) is 0.0833. The maximum absolute atomic E-state index is 11.0. The zero-order valence-corrected chi connectivity index (χ0v) is 8.88. The number of para-hydroxylation sites is 1. The van der Waals surface area contributed by atoms with Gasteiger partial charge in [-0.05, 0) is 12.1 Å². The van der Waals surface area contributed by atoms with Crippen molar-refractivity contribution in [3.05, 3.63) is 42.5 Å². The molecule has 0 aliphatic rings. The molecule has 1 N–H and O–H groups in total. The van der Waals surface area contributed by atoms with Crippen LogP contribution in [0.15, 0.2) is 46.9 Å². The first-order valence-corrected chi connectivity index (χ1v) is 4.92. The van der Waals surface area contributed by atoms with Gasteiger partial charge in [-0.25, -0.2) is 0 Å². The molecule has 0 spiro atoms. The number of hydrogen-bond acceptors (Lipinski definition) is 3.